The SMILES string of the molecule is CCCNCC(CCCSC)Cc1ccccc1Br. The zero-order valence-electron chi connectivity index (χ0n) is 12.1. The molecule has 0 radical (unpaired) electrons. The maximum atomic E-state index is 3.66. The number of hydrogen-bond acceptors (Lipinski definition) is 2. The van der Waals surface area contributed by atoms with Gasteiger partial charge in [0.05, 0.1) is 0 Å². The van der Waals surface area contributed by atoms with Crippen molar-refractivity contribution >= 4 is 27.7 Å². The lowest BCUT2D eigenvalue weighted by Crippen LogP contribution is -2.25. The fraction of sp³-hybridized carbons (Fsp3) is 0.625. The molecule has 1 atom stereocenters. The first kappa shape index (κ1) is 17.1. The van der Waals surface area contributed by atoms with Crippen LogP contribution in [-0.2, 0) is 6.42 Å². The highest BCUT2D eigenvalue weighted by Gasteiger charge is 2.11. The summed E-state index contributed by atoms with van der Waals surface area (Å²) < 4.78 is 1.25. The topological polar surface area (TPSA) is 12.0 Å². The molecule has 1 aromatic rings. The molecule has 0 spiro atoms. The van der Waals surface area contributed by atoms with Crippen LogP contribution in [0.3, 0.4) is 0 Å². The van der Waals surface area contributed by atoms with Gasteiger partial charge in [0.15, 0.2) is 0 Å². The maximum absolute atomic E-state index is 3.66. The van der Waals surface area contributed by atoms with Crippen molar-refractivity contribution in [2.45, 2.75) is 32.6 Å². The third-order valence-corrected chi connectivity index (χ3v) is 4.76. The Labute approximate surface area is 131 Å². The van der Waals surface area contributed by atoms with Crippen molar-refractivity contribution in [3.8, 4) is 0 Å². The van der Waals surface area contributed by atoms with Crippen LogP contribution in [0.2, 0.25) is 0 Å². The molecule has 0 heterocycles. The molecule has 0 saturated heterocycles. The van der Waals surface area contributed by atoms with Crippen LogP contribution in [0.4, 0.5) is 0 Å². The first-order valence-corrected chi connectivity index (χ1v) is 9.39. The largest absolute Gasteiger partial charge is 0.316 e. The van der Waals surface area contributed by atoms with E-state index in [2.05, 4.69) is 58.7 Å². The van der Waals surface area contributed by atoms with Gasteiger partial charge in [-0.05, 0) is 68.3 Å². The van der Waals surface area contributed by atoms with Crippen molar-refractivity contribution < 1.29 is 0 Å². The summed E-state index contributed by atoms with van der Waals surface area (Å²) in [6.07, 6.45) is 7.22. The highest BCUT2D eigenvalue weighted by Crippen LogP contribution is 2.22. The molecule has 1 N–H and O–H groups in total. The van der Waals surface area contributed by atoms with Gasteiger partial charge in [-0.15, -0.1) is 0 Å². The Hall–Kier alpha value is 0.01000. The molecule has 0 saturated carbocycles. The number of benzene rings is 1. The highest BCUT2D eigenvalue weighted by molar-refractivity contribution is 9.10. The van der Waals surface area contributed by atoms with Crippen molar-refractivity contribution in [3.05, 3.63) is 34.3 Å². The summed E-state index contributed by atoms with van der Waals surface area (Å²) in [5.74, 6) is 2.03. The normalized spacial score (nSPS) is 12.6. The van der Waals surface area contributed by atoms with E-state index < -0.39 is 0 Å². The number of halogens is 1. The maximum Gasteiger partial charge on any atom is 0.0207 e. The smallest absolute Gasteiger partial charge is 0.0207 e. The zero-order valence-corrected chi connectivity index (χ0v) is 14.5. The first-order valence-electron chi connectivity index (χ1n) is 7.21. The van der Waals surface area contributed by atoms with E-state index in [-0.39, 0.29) is 0 Å². The van der Waals surface area contributed by atoms with Crippen molar-refractivity contribution in [3.63, 3.8) is 0 Å². The fourth-order valence-electron chi connectivity index (χ4n) is 2.25. The molecule has 3 heteroatoms. The summed E-state index contributed by atoms with van der Waals surface area (Å²) in [6.45, 7) is 4.50. The summed E-state index contributed by atoms with van der Waals surface area (Å²) >= 11 is 5.62. The lowest BCUT2D eigenvalue weighted by Gasteiger charge is -2.18. The second-order valence-corrected chi connectivity index (χ2v) is 6.84. The standard InChI is InChI=1S/C16H26BrNS/c1-3-10-18-13-14(7-6-11-19-2)12-15-8-4-5-9-16(15)17/h4-5,8-9,14,18H,3,6-7,10-13H2,1-2H3. The summed E-state index contributed by atoms with van der Waals surface area (Å²) in [4.78, 5) is 0. The summed E-state index contributed by atoms with van der Waals surface area (Å²) in [5, 5.41) is 3.58. The zero-order chi connectivity index (χ0) is 13.9. The molecular weight excluding hydrogens is 318 g/mol. The molecule has 0 aliphatic heterocycles. The van der Waals surface area contributed by atoms with E-state index >= 15 is 0 Å². The molecule has 1 aromatic carbocycles. The van der Waals surface area contributed by atoms with Gasteiger partial charge in [0.2, 0.25) is 0 Å². The molecule has 0 aromatic heterocycles. The second kappa shape index (κ2) is 10.8. The minimum Gasteiger partial charge on any atom is -0.316 e. The summed E-state index contributed by atoms with van der Waals surface area (Å²) in [5.41, 5.74) is 1.44. The van der Waals surface area contributed by atoms with E-state index in [4.69, 9.17) is 0 Å². The predicted octanol–water partition coefficient (Wildman–Crippen LogP) is 4.75. The minimum absolute atomic E-state index is 0.748. The molecule has 19 heavy (non-hydrogen) atoms. The van der Waals surface area contributed by atoms with E-state index in [1.54, 1.807) is 0 Å². The van der Waals surface area contributed by atoms with Crippen LogP contribution in [0.5, 0.6) is 0 Å². The Kier molecular flexibility index (Phi) is 9.66. The van der Waals surface area contributed by atoms with E-state index in [0.717, 1.165) is 19.0 Å². The van der Waals surface area contributed by atoms with Crippen LogP contribution in [-0.4, -0.2) is 25.1 Å². The molecule has 108 valence electrons. The van der Waals surface area contributed by atoms with Crippen LogP contribution in [0.25, 0.3) is 0 Å². The number of nitrogens with one attached hydrogen (secondary N) is 1. The highest BCUT2D eigenvalue weighted by atomic mass is 79.9. The van der Waals surface area contributed by atoms with Gasteiger partial charge in [0.1, 0.15) is 0 Å². The Morgan fingerprint density at radius 3 is 2.79 bits per heavy atom. The Bertz CT molecular complexity index is 333. The van der Waals surface area contributed by atoms with Crippen LogP contribution in [0.1, 0.15) is 31.7 Å². The molecule has 1 nitrogen and oxygen atoms in total. The monoisotopic (exact) mass is 343 g/mol. The quantitative estimate of drug-likeness (QED) is 0.615. The molecular formula is C16H26BrNS. The van der Waals surface area contributed by atoms with E-state index in [1.165, 1.54) is 41.5 Å². The van der Waals surface area contributed by atoms with E-state index in [0.29, 0.717) is 0 Å². The van der Waals surface area contributed by atoms with Gasteiger partial charge in [-0.3, -0.25) is 0 Å². The summed E-state index contributed by atoms with van der Waals surface area (Å²) in [7, 11) is 0. The van der Waals surface area contributed by atoms with Gasteiger partial charge in [0, 0.05) is 4.47 Å². The molecule has 1 rings (SSSR count). The Morgan fingerprint density at radius 1 is 1.32 bits per heavy atom. The van der Waals surface area contributed by atoms with E-state index in [9.17, 15) is 0 Å². The second-order valence-electron chi connectivity index (χ2n) is 5.00. The van der Waals surface area contributed by atoms with Gasteiger partial charge in [-0.25, -0.2) is 0 Å². The van der Waals surface area contributed by atoms with Crippen LogP contribution < -0.4 is 5.32 Å². The molecule has 0 fully saturated rings. The average Bonchev–Trinajstić information content (AvgIpc) is 2.41. The van der Waals surface area contributed by atoms with Crippen molar-refractivity contribution in [1.29, 1.82) is 0 Å². The van der Waals surface area contributed by atoms with Crippen molar-refractivity contribution in [2.24, 2.45) is 5.92 Å². The van der Waals surface area contributed by atoms with Crippen LogP contribution in [0, 0.1) is 5.92 Å². The van der Waals surface area contributed by atoms with Crippen molar-refractivity contribution in [2.75, 3.05) is 25.1 Å². The molecule has 0 bridgehead atoms. The fourth-order valence-corrected chi connectivity index (χ4v) is 3.15. The summed E-state index contributed by atoms with van der Waals surface area (Å²) in [6, 6.07) is 8.61. The minimum atomic E-state index is 0.748. The Morgan fingerprint density at radius 2 is 2.11 bits per heavy atom. The predicted molar refractivity (Wildman–Crippen MR) is 92.1 cm³/mol. The number of rotatable bonds is 10. The lowest BCUT2D eigenvalue weighted by molar-refractivity contribution is 0.440. The number of hydrogen-bond donors (Lipinski definition) is 1. The average molecular weight is 344 g/mol. The van der Waals surface area contributed by atoms with Gasteiger partial charge >= 0.3 is 0 Å². The van der Waals surface area contributed by atoms with Crippen LogP contribution in [0.15, 0.2) is 28.7 Å². The van der Waals surface area contributed by atoms with Crippen molar-refractivity contribution in [1.82, 2.24) is 5.32 Å². The lowest BCUT2D eigenvalue weighted by atomic mass is 9.95. The number of thioether (sulfide) groups is 1. The first-order chi connectivity index (χ1) is 9.27. The Balaban J connectivity index is 2.49. The van der Waals surface area contributed by atoms with Gasteiger partial charge < -0.3 is 5.32 Å². The third kappa shape index (κ3) is 7.38. The van der Waals surface area contributed by atoms with Gasteiger partial charge in [-0.1, -0.05) is 41.1 Å². The van der Waals surface area contributed by atoms with Gasteiger partial charge in [-0.2, -0.15) is 11.8 Å². The third-order valence-electron chi connectivity index (χ3n) is 3.29. The van der Waals surface area contributed by atoms with E-state index in [1.807, 2.05) is 11.8 Å². The van der Waals surface area contributed by atoms with Crippen LogP contribution >= 0.6 is 27.7 Å². The van der Waals surface area contributed by atoms with Gasteiger partial charge in [0.25, 0.3) is 0 Å². The molecule has 0 aliphatic carbocycles. The molecule has 1 unspecified atom stereocenters. The molecule has 0 amide bonds. The molecule has 0 aliphatic rings.